The Morgan fingerprint density at radius 2 is 1.56 bits per heavy atom. The van der Waals surface area contributed by atoms with Crippen LogP contribution in [0.3, 0.4) is 0 Å². The van der Waals surface area contributed by atoms with Crippen LogP contribution in [0.2, 0.25) is 0 Å². The molecule has 0 spiro atoms. The first-order valence-electron chi connectivity index (χ1n) is 22.2. The molecule has 0 saturated heterocycles. The molecule has 54 heavy (non-hydrogen) atoms. The number of nitrogens with zero attached hydrogens (tertiary/aromatic N) is 4. The molecule has 0 aliphatic heterocycles. The third-order valence-electron chi connectivity index (χ3n) is 9.11. The van der Waals surface area contributed by atoms with Crippen LogP contribution < -0.4 is 0 Å². The van der Waals surface area contributed by atoms with E-state index < -0.39 is 25.5 Å². The van der Waals surface area contributed by atoms with Crippen LogP contribution in [-0.2, 0) is 31.9 Å². The Hall–Kier alpha value is -4.38. The fraction of sp³-hybridized carbons (Fsp3) is 0.354. The van der Waals surface area contributed by atoms with Crippen molar-refractivity contribution in [3.63, 3.8) is 0 Å². The van der Waals surface area contributed by atoms with Crippen LogP contribution in [0, 0.1) is 31.3 Å². The summed E-state index contributed by atoms with van der Waals surface area (Å²) < 4.78 is 72.4. The molecule has 5 nitrogen and oxygen atoms in total. The van der Waals surface area contributed by atoms with Gasteiger partial charge in [0.2, 0.25) is 5.71 Å². The second kappa shape index (κ2) is 16.2. The largest absolute Gasteiger partial charge is 0.484 e. The minimum Gasteiger partial charge on any atom is -0.484 e. The van der Waals surface area contributed by atoms with Crippen molar-refractivity contribution in [1.29, 1.82) is 0 Å². The van der Waals surface area contributed by atoms with E-state index in [1.54, 1.807) is 51.4 Å². The summed E-state index contributed by atoms with van der Waals surface area (Å²) >= 11 is 0. The number of hydrogen-bond donors (Lipinski definition) is 0. The van der Waals surface area contributed by atoms with E-state index in [2.05, 4.69) is 88.8 Å². The molecule has 1 radical (unpaired) electrons. The van der Waals surface area contributed by atoms with Gasteiger partial charge in [-0.1, -0.05) is 124 Å². The molecule has 7 aromatic rings. The predicted octanol–water partition coefficient (Wildman–Crippen LogP) is 12.9. The number of hydrogen-bond acceptors (Lipinski definition) is 4. The van der Waals surface area contributed by atoms with Gasteiger partial charge in [0.1, 0.15) is 12.0 Å². The van der Waals surface area contributed by atoms with E-state index >= 15 is 0 Å². The number of pyridine rings is 2. The van der Waals surface area contributed by atoms with Crippen LogP contribution in [0.4, 0.5) is 0 Å². The molecule has 0 bridgehead atoms. The van der Waals surface area contributed by atoms with E-state index in [0.717, 1.165) is 28.0 Å². The third kappa shape index (κ3) is 8.77. The van der Waals surface area contributed by atoms with Gasteiger partial charge in [0.25, 0.3) is 0 Å². The monoisotopic (exact) mass is 903 g/mol. The van der Waals surface area contributed by atoms with Gasteiger partial charge in [0.05, 0.1) is 5.58 Å². The molecule has 0 aliphatic carbocycles. The molecule has 283 valence electrons. The molecular formula is C48H54IrN4O-2. The predicted molar refractivity (Wildman–Crippen MR) is 220 cm³/mol. The zero-order chi connectivity index (χ0) is 45.0. The Kier molecular flexibility index (Phi) is 9.24. The zero-order valence-corrected chi connectivity index (χ0v) is 35.2. The number of oxazole rings is 1. The van der Waals surface area contributed by atoms with Crippen LogP contribution in [0.25, 0.3) is 50.6 Å². The third-order valence-corrected chi connectivity index (χ3v) is 9.11. The summed E-state index contributed by atoms with van der Waals surface area (Å²) in [6, 6.07) is 26.7. The Morgan fingerprint density at radius 3 is 2.13 bits per heavy atom. The van der Waals surface area contributed by atoms with Crippen molar-refractivity contribution in [2.45, 2.75) is 107 Å². The molecule has 6 heteroatoms. The minimum absolute atomic E-state index is 0. The maximum Gasteiger partial charge on any atom is 0.221 e. The standard InChI is InChI=1S/C32H36N3O.C16H18N.Ir/c1-19(2)23-11-9-12-24(20(3)4)28(23)29-31-35(18-34-29)27-14-10-13-25(30(27)36-31)26-15-22(16-32(6,7)8)21(5)17-33-26;1-12-5-7-13(8-6-12)15-10-9-14(11-17-15)16(2,3)4;/h9-12,14-15,17-20H,16H2,1-8H3;5-7,9-11H,1-4H3;/q2*-1;/i5D3,16D2;1D3;. The maximum absolute atomic E-state index is 8.90. The molecule has 0 aliphatic rings. The first-order valence-corrected chi connectivity index (χ1v) is 18.2. The van der Waals surface area contributed by atoms with Gasteiger partial charge < -0.3 is 14.4 Å². The Bertz CT molecular complexity index is 2580. The molecule has 7 rings (SSSR count). The van der Waals surface area contributed by atoms with Gasteiger partial charge in [0, 0.05) is 54.5 Å². The first kappa shape index (κ1) is 30.9. The summed E-state index contributed by atoms with van der Waals surface area (Å²) in [7, 11) is 0. The van der Waals surface area contributed by atoms with E-state index in [4.69, 9.17) is 20.4 Å². The van der Waals surface area contributed by atoms with Gasteiger partial charge in [-0.2, -0.15) is 0 Å². The van der Waals surface area contributed by atoms with Gasteiger partial charge in [-0.05, 0) is 69.5 Å². The topological polar surface area (TPSA) is 56.2 Å². The summed E-state index contributed by atoms with van der Waals surface area (Å²) in [5, 5.41) is 0. The van der Waals surface area contributed by atoms with Crippen molar-refractivity contribution in [3.05, 3.63) is 131 Å². The summed E-state index contributed by atoms with van der Waals surface area (Å²) in [5.41, 5.74) is 9.31. The van der Waals surface area contributed by atoms with Gasteiger partial charge in [0.15, 0.2) is 0 Å². The normalized spacial score (nSPS) is 14.9. The van der Waals surface area contributed by atoms with E-state index in [1.165, 1.54) is 29.0 Å². The van der Waals surface area contributed by atoms with Crippen molar-refractivity contribution >= 4 is 16.8 Å². The van der Waals surface area contributed by atoms with E-state index in [1.807, 2.05) is 28.8 Å². The Balaban J connectivity index is 0.000000291. The zero-order valence-electron chi connectivity index (χ0n) is 40.8. The number of imidazole rings is 1. The molecule has 3 aromatic carbocycles. The average molecular weight is 903 g/mol. The summed E-state index contributed by atoms with van der Waals surface area (Å²) in [4.78, 5) is 13.7. The second-order valence-electron chi connectivity index (χ2n) is 16.2. The number of aryl methyl sites for hydroxylation is 2. The second-order valence-corrected chi connectivity index (χ2v) is 16.2. The SMILES string of the molecule is [2H]C([2H])([2H])c1c[c-]c(-c2ccc(C(C)(C)C)cn2)cc1.[2H]C([2H])([2H])c1cnc(-c2[c-]ccc3c2oc2c(-c4c(C(C)C)cccc4C(C)C)ncn23)cc1C([2H])([2H])C(C)(C)C.[Ir]. The fourth-order valence-electron chi connectivity index (χ4n) is 6.34. The van der Waals surface area contributed by atoms with Crippen LogP contribution in [-0.4, -0.2) is 19.4 Å². The smallest absolute Gasteiger partial charge is 0.221 e. The molecule has 0 atom stereocenters. The molecule has 4 aromatic heterocycles. The summed E-state index contributed by atoms with van der Waals surface area (Å²) in [6.45, 7) is 15.8. The molecule has 0 fully saturated rings. The van der Waals surface area contributed by atoms with Crippen LogP contribution in [0.1, 0.15) is 125 Å². The summed E-state index contributed by atoms with van der Waals surface area (Å²) in [5.74, 6) is 0.567. The average Bonchev–Trinajstić information content (AvgIpc) is 3.76. The van der Waals surface area contributed by atoms with Gasteiger partial charge >= 0.3 is 0 Å². The van der Waals surface area contributed by atoms with Crippen LogP contribution >= 0.6 is 0 Å². The molecule has 0 amide bonds. The van der Waals surface area contributed by atoms with Crippen molar-refractivity contribution in [2.75, 3.05) is 0 Å². The fourth-order valence-corrected chi connectivity index (χ4v) is 6.34. The quantitative estimate of drug-likeness (QED) is 0.156. The van der Waals surface area contributed by atoms with E-state index in [9.17, 15) is 0 Å². The van der Waals surface area contributed by atoms with Crippen LogP contribution in [0.15, 0.2) is 89.9 Å². The minimum atomic E-state index is -2.52. The first-order chi connectivity index (χ1) is 28.2. The van der Waals surface area contributed by atoms with Crippen molar-refractivity contribution in [2.24, 2.45) is 5.41 Å². The van der Waals surface area contributed by atoms with Crippen molar-refractivity contribution in [1.82, 2.24) is 19.4 Å². The van der Waals surface area contributed by atoms with E-state index in [-0.39, 0.29) is 48.5 Å². The Labute approximate surface area is 347 Å². The van der Waals surface area contributed by atoms with Crippen molar-refractivity contribution in [3.8, 4) is 33.8 Å². The molecule has 4 heterocycles. The molecular weight excluding hydrogens is 841 g/mol. The van der Waals surface area contributed by atoms with Gasteiger partial charge in [-0.25, -0.2) is 4.98 Å². The number of benzene rings is 3. The molecule has 0 unspecified atom stereocenters. The number of aromatic nitrogens is 4. The number of rotatable bonds is 6. The maximum atomic E-state index is 8.90. The molecule has 0 N–H and O–H groups in total. The van der Waals surface area contributed by atoms with Gasteiger partial charge in [-0.3, -0.25) is 4.40 Å². The van der Waals surface area contributed by atoms with Crippen LogP contribution in [0.5, 0.6) is 0 Å². The Morgan fingerprint density at radius 1 is 0.833 bits per heavy atom. The summed E-state index contributed by atoms with van der Waals surface area (Å²) in [6.07, 6.45) is 2.95. The van der Waals surface area contributed by atoms with E-state index in [0.29, 0.717) is 28.1 Å². The van der Waals surface area contributed by atoms with Gasteiger partial charge in [-0.15, -0.1) is 53.6 Å². The molecule has 0 saturated carbocycles. The number of fused-ring (bicyclic) bond motifs is 3. The van der Waals surface area contributed by atoms with Crippen molar-refractivity contribution < 1.29 is 35.5 Å².